The minimum atomic E-state index is -0.486. The van der Waals surface area contributed by atoms with Crippen molar-refractivity contribution in [1.82, 2.24) is 14.5 Å². The summed E-state index contributed by atoms with van der Waals surface area (Å²) in [7, 11) is 1.40. The molecule has 8 heteroatoms. The van der Waals surface area contributed by atoms with Crippen molar-refractivity contribution in [3.05, 3.63) is 56.4 Å². The zero-order chi connectivity index (χ0) is 20.6. The molecule has 2 aromatic rings. The summed E-state index contributed by atoms with van der Waals surface area (Å²) in [6, 6.07) is 5.99. The lowest BCUT2D eigenvalue weighted by molar-refractivity contribution is -0.133. The summed E-state index contributed by atoms with van der Waals surface area (Å²) < 4.78 is 11.8. The Hall–Kier alpha value is -3.03. The van der Waals surface area contributed by atoms with Gasteiger partial charge in [0.25, 0.3) is 5.56 Å². The highest BCUT2D eigenvalue weighted by molar-refractivity contribution is 5.78. The molecule has 0 aliphatic carbocycles. The molecule has 1 fully saturated rings. The summed E-state index contributed by atoms with van der Waals surface area (Å²) >= 11 is 0. The number of aromatic nitrogens is 2. The third-order valence-corrected chi connectivity index (χ3v) is 5.80. The van der Waals surface area contributed by atoms with E-state index in [-0.39, 0.29) is 24.5 Å². The predicted octanol–water partition coefficient (Wildman–Crippen LogP) is 1.22. The number of aromatic amines is 1. The molecular weight excluding hydrogens is 374 g/mol. The molecule has 1 saturated heterocycles. The Balaban J connectivity index is 1.46. The second-order valence-corrected chi connectivity index (χ2v) is 8.25. The summed E-state index contributed by atoms with van der Waals surface area (Å²) in [4.78, 5) is 40.9. The Labute approximate surface area is 168 Å². The summed E-state index contributed by atoms with van der Waals surface area (Å²) in [6.45, 7) is 3.75. The molecule has 1 atom stereocenters. The Kier molecular flexibility index (Phi) is 4.94. The van der Waals surface area contributed by atoms with Crippen molar-refractivity contribution < 1.29 is 14.3 Å². The van der Waals surface area contributed by atoms with Crippen LogP contribution in [-0.2, 0) is 24.7 Å². The maximum absolute atomic E-state index is 12.9. The Morgan fingerprint density at radius 1 is 1.24 bits per heavy atom. The zero-order valence-corrected chi connectivity index (χ0v) is 16.7. The standard InChI is InChI=1S/C21H25N3O5/c1-21(10-14-4-5-16-17(8-14)29-13-28-16)6-3-7-24(12-21)18(25)9-15-11-22-20(27)23(2)19(15)26/h4-5,8,11H,3,6-7,9-10,12-13H2,1-2H3,(H,22,27)/t21-/m1/s1. The van der Waals surface area contributed by atoms with Gasteiger partial charge in [-0.05, 0) is 42.4 Å². The number of hydrogen-bond acceptors (Lipinski definition) is 5. The fourth-order valence-electron chi connectivity index (χ4n) is 4.23. The number of ether oxygens (including phenoxy) is 2. The number of amides is 1. The van der Waals surface area contributed by atoms with E-state index in [4.69, 9.17) is 9.47 Å². The number of carbonyl (C=O) groups is 1. The van der Waals surface area contributed by atoms with Crippen molar-refractivity contribution >= 4 is 5.91 Å². The van der Waals surface area contributed by atoms with Gasteiger partial charge in [0.05, 0.1) is 6.42 Å². The molecule has 1 aromatic heterocycles. The van der Waals surface area contributed by atoms with Gasteiger partial charge in [0, 0.05) is 31.9 Å². The van der Waals surface area contributed by atoms with Crippen molar-refractivity contribution in [2.24, 2.45) is 12.5 Å². The molecular formula is C21H25N3O5. The average molecular weight is 399 g/mol. The van der Waals surface area contributed by atoms with Crippen molar-refractivity contribution in [3.8, 4) is 11.5 Å². The van der Waals surface area contributed by atoms with Crippen molar-refractivity contribution in [3.63, 3.8) is 0 Å². The van der Waals surface area contributed by atoms with E-state index in [1.165, 1.54) is 13.2 Å². The fourth-order valence-corrected chi connectivity index (χ4v) is 4.23. The highest BCUT2D eigenvalue weighted by Gasteiger charge is 2.34. The van der Waals surface area contributed by atoms with Gasteiger partial charge >= 0.3 is 5.69 Å². The molecule has 2 aliphatic rings. The van der Waals surface area contributed by atoms with E-state index in [0.717, 1.165) is 40.9 Å². The Morgan fingerprint density at radius 2 is 2.03 bits per heavy atom. The Bertz CT molecular complexity index is 1060. The van der Waals surface area contributed by atoms with Gasteiger partial charge in [0.2, 0.25) is 12.7 Å². The van der Waals surface area contributed by atoms with E-state index in [0.29, 0.717) is 18.7 Å². The maximum Gasteiger partial charge on any atom is 0.328 e. The van der Waals surface area contributed by atoms with Crippen LogP contribution in [0.1, 0.15) is 30.9 Å². The third-order valence-electron chi connectivity index (χ3n) is 5.80. The first-order valence-electron chi connectivity index (χ1n) is 9.79. The summed E-state index contributed by atoms with van der Waals surface area (Å²) in [5, 5.41) is 0. The first-order valence-corrected chi connectivity index (χ1v) is 9.79. The largest absolute Gasteiger partial charge is 0.454 e. The molecule has 3 heterocycles. The topological polar surface area (TPSA) is 93.6 Å². The van der Waals surface area contributed by atoms with Crippen LogP contribution in [0.4, 0.5) is 0 Å². The number of fused-ring (bicyclic) bond motifs is 1. The van der Waals surface area contributed by atoms with E-state index < -0.39 is 11.2 Å². The molecule has 4 rings (SSSR count). The second-order valence-electron chi connectivity index (χ2n) is 8.25. The van der Waals surface area contributed by atoms with Gasteiger partial charge in [-0.3, -0.25) is 14.2 Å². The monoisotopic (exact) mass is 399 g/mol. The van der Waals surface area contributed by atoms with E-state index in [9.17, 15) is 14.4 Å². The number of likely N-dealkylation sites (tertiary alicyclic amines) is 1. The quantitative estimate of drug-likeness (QED) is 0.834. The van der Waals surface area contributed by atoms with Crippen LogP contribution in [0.2, 0.25) is 0 Å². The minimum Gasteiger partial charge on any atom is -0.454 e. The van der Waals surface area contributed by atoms with Crippen LogP contribution in [0.3, 0.4) is 0 Å². The predicted molar refractivity (Wildman–Crippen MR) is 106 cm³/mol. The molecule has 1 N–H and O–H groups in total. The molecule has 0 radical (unpaired) electrons. The molecule has 0 spiro atoms. The van der Waals surface area contributed by atoms with Crippen LogP contribution in [0.15, 0.2) is 34.0 Å². The van der Waals surface area contributed by atoms with Crippen molar-refractivity contribution in [1.29, 1.82) is 0 Å². The maximum atomic E-state index is 12.9. The van der Waals surface area contributed by atoms with Crippen LogP contribution in [0, 0.1) is 5.41 Å². The number of hydrogen-bond donors (Lipinski definition) is 1. The Morgan fingerprint density at radius 3 is 2.86 bits per heavy atom. The summed E-state index contributed by atoms with van der Waals surface area (Å²) in [5.74, 6) is 1.44. The van der Waals surface area contributed by atoms with Crippen LogP contribution in [0.25, 0.3) is 0 Å². The molecule has 1 amide bonds. The third kappa shape index (κ3) is 3.92. The molecule has 154 valence electrons. The molecule has 0 unspecified atom stereocenters. The SMILES string of the molecule is Cn1c(=O)[nH]cc(CC(=O)N2CCC[C@](C)(Cc3ccc4c(c3)OCO4)C2)c1=O. The number of piperidine rings is 1. The highest BCUT2D eigenvalue weighted by atomic mass is 16.7. The lowest BCUT2D eigenvalue weighted by Gasteiger charge is -2.41. The zero-order valence-electron chi connectivity index (χ0n) is 16.7. The lowest BCUT2D eigenvalue weighted by atomic mass is 9.77. The smallest absolute Gasteiger partial charge is 0.328 e. The van der Waals surface area contributed by atoms with Crippen LogP contribution >= 0.6 is 0 Å². The minimum absolute atomic E-state index is 0.0104. The lowest BCUT2D eigenvalue weighted by Crippen LogP contribution is -2.47. The molecule has 0 saturated carbocycles. The number of nitrogens with one attached hydrogen (secondary N) is 1. The van der Waals surface area contributed by atoms with E-state index in [1.54, 1.807) is 0 Å². The van der Waals surface area contributed by atoms with E-state index in [1.807, 2.05) is 23.1 Å². The number of nitrogens with zero attached hydrogens (tertiary/aromatic N) is 2. The van der Waals surface area contributed by atoms with E-state index in [2.05, 4.69) is 11.9 Å². The van der Waals surface area contributed by atoms with Crippen molar-refractivity contribution in [2.75, 3.05) is 19.9 Å². The number of rotatable bonds is 4. The molecule has 29 heavy (non-hydrogen) atoms. The number of carbonyl (C=O) groups excluding carboxylic acids is 1. The molecule has 2 aliphatic heterocycles. The summed E-state index contributed by atoms with van der Waals surface area (Å²) in [6.07, 6.45) is 4.10. The normalized spacial score (nSPS) is 20.7. The van der Waals surface area contributed by atoms with Gasteiger partial charge in [0.15, 0.2) is 11.5 Å². The van der Waals surface area contributed by atoms with Crippen LogP contribution < -0.4 is 20.7 Å². The summed E-state index contributed by atoms with van der Waals surface area (Å²) in [5.41, 5.74) is 0.487. The first-order chi connectivity index (χ1) is 13.8. The van der Waals surface area contributed by atoms with E-state index >= 15 is 0 Å². The van der Waals surface area contributed by atoms with Gasteiger partial charge in [-0.15, -0.1) is 0 Å². The van der Waals surface area contributed by atoms with Gasteiger partial charge in [-0.25, -0.2) is 4.79 Å². The second kappa shape index (κ2) is 7.42. The van der Waals surface area contributed by atoms with Gasteiger partial charge in [-0.1, -0.05) is 13.0 Å². The van der Waals surface area contributed by atoms with Gasteiger partial charge in [0.1, 0.15) is 0 Å². The van der Waals surface area contributed by atoms with Gasteiger partial charge in [-0.2, -0.15) is 0 Å². The van der Waals surface area contributed by atoms with Gasteiger partial charge < -0.3 is 19.4 Å². The van der Waals surface area contributed by atoms with Crippen LogP contribution in [0.5, 0.6) is 11.5 Å². The van der Waals surface area contributed by atoms with Crippen molar-refractivity contribution in [2.45, 2.75) is 32.6 Å². The molecule has 8 nitrogen and oxygen atoms in total. The highest BCUT2D eigenvalue weighted by Crippen LogP contribution is 2.37. The fraction of sp³-hybridized carbons (Fsp3) is 0.476. The number of H-pyrrole nitrogens is 1. The van der Waals surface area contributed by atoms with Crippen LogP contribution in [-0.4, -0.2) is 40.2 Å². The first kappa shape index (κ1) is 19.3. The molecule has 0 bridgehead atoms. The number of benzene rings is 1. The average Bonchev–Trinajstić information content (AvgIpc) is 3.16. The molecule has 1 aromatic carbocycles.